The lowest BCUT2D eigenvalue weighted by Crippen LogP contribution is -2.82. The number of nitrogens with two attached hydrogens (primary N) is 1. The molecule has 0 radical (unpaired) electrons. The Kier molecular flexibility index (Phi) is 8.43. The average Bonchev–Trinajstić information content (AvgIpc) is 2.60. The molecule has 26 heavy (non-hydrogen) atoms. The fraction of sp³-hybridized carbons (Fsp3) is 0.739. The van der Waals surface area contributed by atoms with E-state index in [1.54, 1.807) is 7.11 Å². The number of benzene rings is 1. The molecule has 0 spiro atoms. The third-order valence-corrected chi connectivity index (χ3v) is 5.80. The molecule has 0 unspecified atom stereocenters. The van der Waals surface area contributed by atoms with Crippen LogP contribution in [0.4, 0.5) is 0 Å². The van der Waals surface area contributed by atoms with Gasteiger partial charge in [-0.15, -0.1) is 0 Å². The first-order valence-corrected chi connectivity index (χ1v) is 10.5. The van der Waals surface area contributed by atoms with Crippen molar-refractivity contribution in [2.75, 3.05) is 20.3 Å². The van der Waals surface area contributed by atoms with Crippen LogP contribution in [0.3, 0.4) is 0 Å². The minimum absolute atomic E-state index is 0.0613. The summed E-state index contributed by atoms with van der Waals surface area (Å²) >= 11 is 0. The quantitative estimate of drug-likeness (QED) is 0.626. The first kappa shape index (κ1) is 21.2. The molecule has 0 aliphatic carbocycles. The van der Waals surface area contributed by atoms with Gasteiger partial charge in [0, 0.05) is 12.2 Å². The number of rotatable bonds is 10. The highest BCUT2D eigenvalue weighted by atomic mass is 16.5. The number of hydrogen-bond acceptors (Lipinski definition) is 2. The predicted octanol–water partition coefficient (Wildman–Crippen LogP) is 4.41. The Bertz CT molecular complexity index is 509. The molecule has 0 aromatic heterocycles. The second kappa shape index (κ2) is 10.3. The van der Waals surface area contributed by atoms with Crippen molar-refractivity contribution >= 4 is 0 Å². The minimum Gasteiger partial charge on any atom is -0.497 e. The van der Waals surface area contributed by atoms with E-state index in [2.05, 4.69) is 57.3 Å². The number of ether oxygens (including phenoxy) is 2. The van der Waals surface area contributed by atoms with Crippen LogP contribution in [0.5, 0.6) is 5.75 Å². The van der Waals surface area contributed by atoms with Gasteiger partial charge >= 0.3 is 0 Å². The predicted molar refractivity (Wildman–Crippen MR) is 108 cm³/mol. The number of methoxy groups -OCH3 is 1. The van der Waals surface area contributed by atoms with E-state index in [-0.39, 0.29) is 5.60 Å². The van der Waals surface area contributed by atoms with E-state index in [1.807, 2.05) is 0 Å². The molecule has 0 bridgehead atoms. The molecule has 1 aliphatic rings. The maximum atomic E-state index is 5.96. The maximum Gasteiger partial charge on any atom is 0.118 e. The van der Waals surface area contributed by atoms with Crippen molar-refractivity contribution in [2.45, 2.75) is 71.9 Å². The Hall–Kier alpha value is -1.06. The maximum absolute atomic E-state index is 5.96. The van der Waals surface area contributed by atoms with Gasteiger partial charge in [0.25, 0.3) is 0 Å². The fourth-order valence-corrected chi connectivity index (χ4v) is 4.21. The van der Waals surface area contributed by atoms with E-state index in [0.717, 1.165) is 36.7 Å². The van der Waals surface area contributed by atoms with Crippen LogP contribution in [-0.2, 0) is 11.3 Å². The van der Waals surface area contributed by atoms with Crippen LogP contribution < -0.4 is 10.1 Å². The smallest absolute Gasteiger partial charge is 0.118 e. The summed E-state index contributed by atoms with van der Waals surface area (Å²) in [5.41, 5.74) is 1.43. The number of hydrogen-bond donors (Lipinski definition) is 1. The molecule has 1 saturated heterocycles. The van der Waals surface area contributed by atoms with E-state index in [4.69, 9.17) is 9.47 Å². The van der Waals surface area contributed by atoms with Crippen LogP contribution in [0.15, 0.2) is 24.3 Å². The zero-order valence-corrected chi connectivity index (χ0v) is 17.6. The SMILES string of the molecule is COc1ccc(C[NH2+]CC[C@@H](CCC(C)C)[C@H]2CCOC(C)(C)C2)cc1. The van der Waals surface area contributed by atoms with Gasteiger partial charge in [0.15, 0.2) is 0 Å². The van der Waals surface area contributed by atoms with Crippen molar-refractivity contribution in [2.24, 2.45) is 17.8 Å². The molecule has 2 rings (SSSR count). The third-order valence-electron chi connectivity index (χ3n) is 5.80. The zero-order chi connectivity index (χ0) is 19.0. The summed E-state index contributed by atoms with van der Waals surface area (Å²) in [6.45, 7) is 12.4. The standard InChI is InChI=1S/C23H39NO2/c1-18(2)6-9-20(21-13-15-26-23(3,4)16-21)12-14-24-17-19-7-10-22(25-5)11-8-19/h7-8,10-11,18,20-21,24H,6,9,12-17H2,1-5H3/p+1/t20-,21+/m1/s1. The van der Waals surface area contributed by atoms with Crippen LogP contribution in [0.25, 0.3) is 0 Å². The molecular weight excluding hydrogens is 322 g/mol. The lowest BCUT2D eigenvalue weighted by atomic mass is 9.75. The molecule has 0 saturated carbocycles. The first-order valence-electron chi connectivity index (χ1n) is 10.5. The van der Waals surface area contributed by atoms with E-state index in [1.165, 1.54) is 44.2 Å². The van der Waals surface area contributed by atoms with E-state index in [0.29, 0.717) is 0 Å². The van der Waals surface area contributed by atoms with Gasteiger partial charge in [0.1, 0.15) is 12.3 Å². The molecule has 2 atom stereocenters. The summed E-state index contributed by atoms with van der Waals surface area (Å²) in [6, 6.07) is 8.45. The molecule has 1 heterocycles. The summed E-state index contributed by atoms with van der Waals surface area (Å²) in [4.78, 5) is 0. The molecule has 2 N–H and O–H groups in total. The molecule has 1 aromatic carbocycles. The normalized spacial score (nSPS) is 20.9. The van der Waals surface area contributed by atoms with Gasteiger partial charge in [0.2, 0.25) is 0 Å². The lowest BCUT2D eigenvalue weighted by Gasteiger charge is -2.39. The number of quaternary nitrogens is 1. The van der Waals surface area contributed by atoms with Crippen LogP contribution in [0.2, 0.25) is 0 Å². The van der Waals surface area contributed by atoms with Gasteiger partial charge in [0.05, 0.1) is 19.3 Å². The monoisotopic (exact) mass is 362 g/mol. The van der Waals surface area contributed by atoms with E-state index < -0.39 is 0 Å². The van der Waals surface area contributed by atoms with Gasteiger partial charge in [-0.2, -0.15) is 0 Å². The highest BCUT2D eigenvalue weighted by Crippen LogP contribution is 2.37. The van der Waals surface area contributed by atoms with E-state index >= 15 is 0 Å². The van der Waals surface area contributed by atoms with Crippen LogP contribution in [-0.4, -0.2) is 25.9 Å². The first-order chi connectivity index (χ1) is 12.4. The van der Waals surface area contributed by atoms with Crippen molar-refractivity contribution in [3.63, 3.8) is 0 Å². The average molecular weight is 363 g/mol. The Morgan fingerprint density at radius 2 is 1.88 bits per heavy atom. The Balaban J connectivity index is 1.81. The second-order valence-electron chi connectivity index (χ2n) is 9.01. The molecule has 1 fully saturated rings. The van der Waals surface area contributed by atoms with Gasteiger partial charge < -0.3 is 14.8 Å². The Morgan fingerprint density at radius 3 is 2.50 bits per heavy atom. The van der Waals surface area contributed by atoms with Gasteiger partial charge in [-0.05, 0) is 81.5 Å². The molecule has 1 aliphatic heterocycles. The zero-order valence-electron chi connectivity index (χ0n) is 17.6. The topological polar surface area (TPSA) is 35.1 Å². The Morgan fingerprint density at radius 1 is 1.15 bits per heavy atom. The summed E-state index contributed by atoms with van der Waals surface area (Å²) in [5, 5.41) is 2.47. The van der Waals surface area contributed by atoms with Crippen molar-refractivity contribution in [3.8, 4) is 5.75 Å². The fourth-order valence-electron chi connectivity index (χ4n) is 4.21. The molecule has 1 aromatic rings. The van der Waals surface area contributed by atoms with Crippen molar-refractivity contribution in [1.82, 2.24) is 0 Å². The second-order valence-corrected chi connectivity index (χ2v) is 9.01. The Labute approximate surface area is 160 Å². The molecular formula is C23H40NO2+. The summed E-state index contributed by atoms with van der Waals surface area (Å²) in [6.07, 6.45) is 6.50. The summed E-state index contributed by atoms with van der Waals surface area (Å²) in [5.74, 6) is 3.40. The lowest BCUT2D eigenvalue weighted by molar-refractivity contribution is -0.671. The van der Waals surface area contributed by atoms with Crippen molar-refractivity contribution < 1.29 is 14.8 Å². The van der Waals surface area contributed by atoms with Crippen LogP contribution in [0, 0.1) is 17.8 Å². The van der Waals surface area contributed by atoms with Crippen LogP contribution in [0.1, 0.15) is 65.4 Å². The third kappa shape index (κ3) is 7.28. The molecule has 3 nitrogen and oxygen atoms in total. The molecule has 148 valence electrons. The highest BCUT2D eigenvalue weighted by Gasteiger charge is 2.33. The minimum atomic E-state index is 0.0613. The largest absolute Gasteiger partial charge is 0.497 e. The van der Waals surface area contributed by atoms with Gasteiger partial charge in [-0.1, -0.05) is 20.3 Å². The molecule has 0 amide bonds. The van der Waals surface area contributed by atoms with Gasteiger partial charge in [-0.3, -0.25) is 0 Å². The van der Waals surface area contributed by atoms with Crippen molar-refractivity contribution in [3.05, 3.63) is 29.8 Å². The van der Waals surface area contributed by atoms with E-state index in [9.17, 15) is 0 Å². The highest BCUT2D eigenvalue weighted by molar-refractivity contribution is 5.26. The molecule has 3 heteroatoms. The van der Waals surface area contributed by atoms with Gasteiger partial charge in [-0.25, -0.2) is 0 Å². The van der Waals surface area contributed by atoms with Crippen LogP contribution >= 0.6 is 0 Å². The van der Waals surface area contributed by atoms with Crippen molar-refractivity contribution in [1.29, 1.82) is 0 Å². The summed E-state index contributed by atoms with van der Waals surface area (Å²) < 4.78 is 11.2. The summed E-state index contributed by atoms with van der Waals surface area (Å²) in [7, 11) is 1.72.